The van der Waals surface area contributed by atoms with Gasteiger partial charge in [0.05, 0.1) is 17.7 Å². The predicted octanol–water partition coefficient (Wildman–Crippen LogP) is 2.17. The molecular formula is C15H21N5OS. The first-order valence-electron chi connectivity index (χ1n) is 7.76. The first-order valence-corrected chi connectivity index (χ1v) is 8.57. The molecule has 0 aliphatic carbocycles. The van der Waals surface area contributed by atoms with Crippen molar-refractivity contribution in [3.63, 3.8) is 0 Å². The second-order valence-electron chi connectivity index (χ2n) is 5.91. The highest BCUT2D eigenvalue weighted by molar-refractivity contribution is 7.13. The van der Waals surface area contributed by atoms with Gasteiger partial charge in [0.15, 0.2) is 5.82 Å². The summed E-state index contributed by atoms with van der Waals surface area (Å²) in [4.78, 5) is 21.8. The maximum Gasteiger partial charge on any atom is 0.263 e. The van der Waals surface area contributed by atoms with Crippen LogP contribution in [0.1, 0.15) is 59.4 Å². The third kappa shape index (κ3) is 3.04. The number of aryl methyl sites for hydroxylation is 2. The Morgan fingerprint density at radius 3 is 3.05 bits per heavy atom. The summed E-state index contributed by atoms with van der Waals surface area (Å²) in [6.07, 6.45) is 4.28. The third-order valence-corrected chi connectivity index (χ3v) is 5.09. The summed E-state index contributed by atoms with van der Waals surface area (Å²) in [5.41, 5.74) is 0. The molecule has 7 heteroatoms. The number of carbonyl (C=O) groups is 1. The Morgan fingerprint density at radius 2 is 2.36 bits per heavy atom. The monoisotopic (exact) mass is 319 g/mol. The van der Waals surface area contributed by atoms with E-state index in [1.165, 1.54) is 11.3 Å². The van der Waals surface area contributed by atoms with Crippen LogP contribution in [0.25, 0.3) is 0 Å². The van der Waals surface area contributed by atoms with Crippen molar-refractivity contribution < 1.29 is 4.79 Å². The van der Waals surface area contributed by atoms with E-state index in [4.69, 9.17) is 0 Å². The topological polar surface area (TPSA) is 72.7 Å². The van der Waals surface area contributed by atoms with Gasteiger partial charge in [0.1, 0.15) is 10.7 Å². The van der Waals surface area contributed by atoms with Gasteiger partial charge in [-0.2, -0.15) is 5.10 Å². The smallest absolute Gasteiger partial charge is 0.263 e. The normalized spacial score (nSPS) is 17.5. The van der Waals surface area contributed by atoms with Crippen LogP contribution in [0.3, 0.4) is 0 Å². The number of rotatable bonds is 4. The number of nitrogens with zero attached hydrogens (tertiary/aromatic N) is 4. The van der Waals surface area contributed by atoms with Gasteiger partial charge in [-0.1, -0.05) is 20.8 Å². The molecule has 118 valence electrons. The van der Waals surface area contributed by atoms with Crippen molar-refractivity contribution in [1.29, 1.82) is 0 Å². The second kappa shape index (κ2) is 6.16. The van der Waals surface area contributed by atoms with Crippen molar-refractivity contribution >= 4 is 17.2 Å². The molecule has 0 fully saturated rings. The molecule has 1 aliphatic rings. The van der Waals surface area contributed by atoms with Gasteiger partial charge in [0.2, 0.25) is 0 Å². The van der Waals surface area contributed by atoms with Gasteiger partial charge in [-0.05, 0) is 6.42 Å². The van der Waals surface area contributed by atoms with Gasteiger partial charge in [0, 0.05) is 24.8 Å². The van der Waals surface area contributed by atoms with Gasteiger partial charge >= 0.3 is 0 Å². The van der Waals surface area contributed by atoms with Crippen molar-refractivity contribution in [1.82, 2.24) is 25.1 Å². The van der Waals surface area contributed by atoms with E-state index in [0.717, 1.165) is 35.9 Å². The lowest BCUT2D eigenvalue weighted by molar-refractivity contribution is 0.0930. The van der Waals surface area contributed by atoms with Crippen LogP contribution in [0.5, 0.6) is 0 Å². The third-order valence-electron chi connectivity index (χ3n) is 3.79. The number of carbonyl (C=O) groups excluding carboxylic acids is 1. The average Bonchev–Trinajstić information content (AvgIpc) is 3.13. The molecule has 0 radical (unpaired) electrons. The highest BCUT2D eigenvalue weighted by atomic mass is 32.1. The summed E-state index contributed by atoms with van der Waals surface area (Å²) in [5.74, 6) is 2.23. The maximum atomic E-state index is 12.3. The number of amides is 1. The molecule has 0 unspecified atom stereocenters. The van der Waals surface area contributed by atoms with Crippen molar-refractivity contribution in [2.24, 2.45) is 0 Å². The molecule has 3 rings (SSSR count). The Bertz CT molecular complexity index is 675. The molecule has 22 heavy (non-hydrogen) atoms. The Morgan fingerprint density at radius 1 is 1.55 bits per heavy atom. The molecule has 2 aromatic heterocycles. The van der Waals surface area contributed by atoms with E-state index in [0.29, 0.717) is 17.3 Å². The molecule has 0 spiro atoms. The Balaban J connectivity index is 1.64. The molecular weight excluding hydrogens is 298 g/mol. The van der Waals surface area contributed by atoms with Gasteiger partial charge in [-0.3, -0.25) is 4.79 Å². The molecule has 2 aromatic rings. The number of thiazole rings is 1. The number of fused-ring (bicyclic) bond motifs is 1. The first kappa shape index (κ1) is 15.1. The van der Waals surface area contributed by atoms with Crippen LogP contribution in [0.4, 0.5) is 0 Å². The Kier molecular flexibility index (Phi) is 4.24. The minimum Gasteiger partial charge on any atom is -0.347 e. The number of hydrogen-bond donors (Lipinski definition) is 1. The lowest BCUT2D eigenvalue weighted by atomic mass is 10.1. The summed E-state index contributed by atoms with van der Waals surface area (Å²) in [5, 5.41) is 8.57. The maximum absolute atomic E-state index is 12.3. The van der Waals surface area contributed by atoms with Crippen LogP contribution in [0.2, 0.25) is 0 Å². The zero-order chi connectivity index (χ0) is 15.7. The van der Waals surface area contributed by atoms with Gasteiger partial charge in [-0.25, -0.2) is 14.6 Å². The van der Waals surface area contributed by atoms with Gasteiger partial charge in [-0.15, -0.1) is 11.3 Å². The summed E-state index contributed by atoms with van der Waals surface area (Å²) in [7, 11) is 0. The van der Waals surface area contributed by atoms with E-state index in [9.17, 15) is 4.79 Å². The van der Waals surface area contributed by atoms with Gasteiger partial charge < -0.3 is 5.32 Å². The first-order chi connectivity index (χ1) is 10.6. The van der Waals surface area contributed by atoms with Crippen LogP contribution in [-0.4, -0.2) is 31.7 Å². The highest BCUT2D eigenvalue weighted by Crippen LogP contribution is 2.21. The Labute approximate surface area is 134 Å². The van der Waals surface area contributed by atoms with Crippen molar-refractivity contribution in [2.75, 3.05) is 0 Å². The van der Waals surface area contributed by atoms with E-state index in [1.807, 2.05) is 4.68 Å². The zero-order valence-corrected chi connectivity index (χ0v) is 14.0. The molecule has 0 bridgehead atoms. The average molecular weight is 319 g/mol. The van der Waals surface area contributed by atoms with Crippen LogP contribution in [0.15, 0.2) is 6.20 Å². The minimum atomic E-state index is -0.0336. The number of nitrogens with one attached hydrogen (secondary N) is 1. The minimum absolute atomic E-state index is 0.0336. The fourth-order valence-corrected chi connectivity index (χ4v) is 3.37. The van der Waals surface area contributed by atoms with E-state index >= 15 is 0 Å². The Hall–Kier alpha value is -1.76. The molecule has 0 saturated heterocycles. The fraction of sp³-hybridized carbons (Fsp3) is 0.600. The van der Waals surface area contributed by atoms with Crippen LogP contribution in [0, 0.1) is 0 Å². The molecule has 1 N–H and O–H groups in total. The highest BCUT2D eigenvalue weighted by Gasteiger charge is 2.23. The van der Waals surface area contributed by atoms with E-state index in [2.05, 4.69) is 41.2 Å². The molecule has 0 saturated carbocycles. The lowest BCUT2D eigenvalue weighted by Crippen LogP contribution is -2.41. The summed E-state index contributed by atoms with van der Waals surface area (Å²) < 4.78 is 1.93. The van der Waals surface area contributed by atoms with Crippen molar-refractivity contribution in [3.8, 4) is 0 Å². The SMILES string of the molecule is CCc1nc2n(n1)C[C@@H](NC(=O)c1cnc(C(C)C)s1)CC2. The quantitative estimate of drug-likeness (QED) is 0.937. The molecule has 6 nitrogen and oxygen atoms in total. The number of hydrogen-bond acceptors (Lipinski definition) is 5. The number of aromatic nitrogens is 4. The predicted molar refractivity (Wildman–Crippen MR) is 85.2 cm³/mol. The van der Waals surface area contributed by atoms with E-state index in [1.54, 1.807) is 6.20 Å². The molecule has 1 amide bonds. The van der Waals surface area contributed by atoms with E-state index < -0.39 is 0 Å². The summed E-state index contributed by atoms with van der Waals surface area (Å²) in [6, 6.07) is 0.107. The second-order valence-corrected chi connectivity index (χ2v) is 6.97. The lowest BCUT2D eigenvalue weighted by Gasteiger charge is -2.23. The largest absolute Gasteiger partial charge is 0.347 e. The van der Waals surface area contributed by atoms with Crippen molar-refractivity contribution in [3.05, 3.63) is 27.7 Å². The van der Waals surface area contributed by atoms with Crippen LogP contribution in [-0.2, 0) is 19.4 Å². The molecule has 3 heterocycles. The van der Waals surface area contributed by atoms with Crippen molar-refractivity contribution in [2.45, 2.75) is 58.5 Å². The van der Waals surface area contributed by atoms with E-state index in [-0.39, 0.29) is 11.9 Å². The fourth-order valence-electron chi connectivity index (χ4n) is 2.54. The van der Waals surface area contributed by atoms with Gasteiger partial charge in [0.25, 0.3) is 5.91 Å². The standard InChI is InChI=1S/C15H21N5OS/c1-4-12-18-13-6-5-10(8-20(13)19-12)17-14(21)11-7-16-15(22-11)9(2)3/h7,9-10H,4-6,8H2,1-3H3,(H,17,21)/t10-/m0/s1. The summed E-state index contributed by atoms with van der Waals surface area (Å²) in [6.45, 7) is 6.92. The molecule has 1 aliphatic heterocycles. The van der Waals surface area contributed by atoms with Crippen LogP contribution < -0.4 is 5.32 Å². The summed E-state index contributed by atoms with van der Waals surface area (Å²) >= 11 is 1.47. The molecule has 0 aromatic carbocycles. The zero-order valence-electron chi connectivity index (χ0n) is 13.2. The molecule has 1 atom stereocenters. The van der Waals surface area contributed by atoms with Crippen LogP contribution >= 0.6 is 11.3 Å².